The monoisotopic (exact) mass is 282 g/mol. The van der Waals surface area contributed by atoms with Crippen molar-refractivity contribution in [3.05, 3.63) is 65.7 Å². The summed E-state index contributed by atoms with van der Waals surface area (Å²) < 4.78 is 11.2. The molecule has 0 saturated carbocycles. The number of cyclic esters (lactones) is 1. The summed E-state index contributed by atoms with van der Waals surface area (Å²) in [4.78, 5) is 11.3. The SMILES string of the molecule is CC1(c2ccc(OCc3ccccc3)cc2)CCC(=O)O1. The Morgan fingerprint density at radius 2 is 1.81 bits per heavy atom. The van der Waals surface area contributed by atoms with Gasteiger partial charge in [-0.3, -0.25) is 4.79 Å². The maximum absolute atomic E-state index is 11.3. The standard InChI is InChI=1S/C18H18O3/c1-18(12-11-17(19)21-18)15-7-9-16(10-8-15)20-13-14-5-3-2-4-6-14/h2-10H,11-13H2,1H3. The summed E-state index contributed by atoms with van der Waals surface area (Å²) in [6.07, 6.45) is 1.22. The molecule has 108 valence electrons. The number of hydrogen-bond acceptors (Lipinski definition) is 3. The van der Waals surface area contributed by atoms with Gasteiger partial charge in [0.1, 0.15) is 18.0 Å². The maximum atomic E-state index is 11.3. The Labute approximate surface area is 124 Å². The van der Waals surface area contributed by atoms with Crippen LogP contribution < -0.4 is 4.74 Å². The molecule has 2 aromatic carbocycles. The van der Waals surface area contributed by atoms with E-state index in [1.807, 2.05) is 61.5 Å². The molecule has 0 bridgehead atoms. The quantitative estimate of drug-likeness (QED) is 0.800. The van der Waals surface area contributed by atoms with Crippen molar-refractivity contribution in [2.24, 2.45) is 0 Å². The van der Waals surface area contributed by atoms with Crippen LogP contribution in [0.1, 0.15) is 30.9 Å². The summed E-state index contributed by atoms with van der Waals surface area (Å²) in [6, 6.07) is 17.8. The number of ether oxygens (including phenoxy) is 2. The molecular weight excluding hydrogens is 264 g/mol. The zero-order valence-corrected chi connectivity index (χ0v) is 12.0. The third kappa shape index (κ3) is 3.07. The van der Waals surface area contributed by atoms with Crippen LogP contribution in [0.25, 0.3) is 0 Å². The summed E-state index contributed by atoms with van der Waals surface area (Å²) in [5, 5.41) is 0. The molecule has 0 aromatic heterocycles. The lowest BCUT2D eigenvalue weighted by Crippen LogP contribution is -2.20. The number of rotatable bonds is 4. The van der Waals surface area contributed by atoms with E-state index in [9.17, 15) is 4.79 Å². The molecule has 1 saturated heterocycles. The average molecular weight is 282 g/mol. The van der Waals surface area contributed by atoms with Gasteiger partial charge in [0.05, 0.1) is 0 Å². The van der Waals surface area contributed by atoms with Crippen molar-refractivity contribution in [3.8, 4) is 5.75 Å². The first-order chi connectivity index (χ1) is 10.2. The van der Waals surface area contributed by atoms with Crippen LogP contribution in [-0.4, -0.2) is 5.97 Å². The van der Waals surface area contributed by atoms with Gasteiger partial charge in [-0.2, -0.15) is 0 Å². The Morgan fingerprint density at radius 1 is 1.10 bits per heavy atom. The van der Waals surface area contributed by atoms with Crippen molar-refractivity contribution >= 4 is 5.97 Å². The Balaban J connectivity index is 1.66. The summed E-state index contributed by atoms with van der Waals surface area (Å²) >= 11 is 0. The van der Waals surface area contributed by atoms with E-state index in [0.717, 1.165) is 23.3 Å². The molecular formula is C18H18O3. The fourth-order valence-electron chi connectivity index (χ4n) is 2.54. The summed E-state index contributed by atoms with van der Waals surface area (Å²) in [5.41, 5.74) is 1.66. The highest BCUT2D eigenvalue weighted by Gasteiger charge is 2.37. The third-order valence-corrected chi connectivity index (χ3v) is 3.86. The lowest BCUT2D eigenvalue weighted by Gasteiger charge is -2.23. The van der Waals surface area contributed by atoms with Crippen molar-refractivity contribution in [1.82, 2.24) is 0 Å². The van der Waals surface area contributed by atoms with E-state index < -0.39 is 5.60 Å². The molecule has 3 rings (SSSR count). The van der Waals surface area contributed by atoms with Gasteiger partial charge in [0.2, 0.25) is 0 Å². The Bertz CT molecular complexity index is 619. The lowest BCUT2D eigenvalue weighted by atomic mass is 9.93. The molecule has 1 fully saturated rings. The van der Waals surface area contributed by atoms with Crippen LogP contribution in [0.5, 0.6) is 5.75 Å². The summed E-state index contributed by atoms with van der Waals surface area (Å²) in [6.45, 7) is 2.50. The molecule has 2 aromatic rings. The second-order valence-electron chi connectivity index (χ2n) is 5.50. The number of benzene rings is 2. The second-order valence-corrected chi connectivity index (χ2v) is 5.50. The van der Waals surface area contributed by atoms with Gasteiger partial charge >= 0.3 is 5.97 Å². The second kappa shape index (κ2) is 5.60. The highest BCUT2D eigenvalue weighted by Crippen LogP contribution is 2.36. The molecule has 3 heteroatoms. The van der Waals surface area contributed by atoms with Crippen molar-refractivity contribution < 1.29 is 14.3 Å². The van der Waals surface area contributed by atoms with Gasteiger partial charge in [-0.25, -0.2) is 0 Å². The molecule has 1 aliphatic heterocycles. The number of carbonyl (C=O) groups excluding carboxylic acids is 1. The van der Waals surface area contributed by atoms with Crippen molar-refractivity contribution in [3.63, 3.8) is 0 Å². The van der Waals surface area contributed by atoms with Gasteiger partial charge in [-0.1, -0.05) is 42.5 Å². The van der Waals surface area contributed by atoms with Gasteiger partial charge in [0.25, 0.3) is 0 Å². The van der Waals surface area contributed by atoms with Crippen LogP contribution in [0, 0.1) is 0 Å². The predicted octanol–water partition coefficient (Wildman–Crippen LogP) is 3.82. The maximum Gasteiger partial charge on any atom is 0.306 e. The van der Waals surface area contributed by atoms with Crippen LogP contribution in [0.3, 0.4) is 0 Å². The molecule has 1 aliphatic rings. The lowest BCUT2D eigenvalue weighted by molar-refractivity contribution is -0.147. The fraction of sp³-hybridized carbons (Fsp3) is 0.278. The minimum Gasteiger partial charge on any atom is -0.489 e. The molecule has 3 nitrogen and oxygen atoms in total. The first-order valence-corrected chi connectivity index (χ1v) is 7.15. The summed E-state index contributed by atoms with van der Waals surface area (Å²) in [5.74, 6) is 0.692. The van der Waals surface area contributed by atoms with Gasteiger partial charge in [0, 0.05) is 12.8 Å². The molecule has 21 heavy (non-hydrogen) atoms. The topological polar surface area (TPSA) is 35.5 Å². The number of hydrogen-bond donors (Lipinski definition) is 0. The molecule has 1 heterocycles. The van der Waals surface area contributed by atoms with E-state index in [-0.39, 0.29) is 5.97 Å². The predicted molar refractivity (Wildman–Crippen MR) is 79.9 cm³/mol. The zero-order valence-electron chi connectivity index (χ0n) is 12.0. The van der Waals surface area contributed by atoms with Crippen molar-refractivity contribution in [2.45, 2.75) is 32.0 Å². The Morgan fingerprint density at radius 3 is 2.43 bits per heavy atom. The van der Waals surface area contributed by atoms with Crippen LogP contribution >= 0.6 is 0 Å². The molecule has 0 N–H and O–H groups in total. The minimum atomic E-state index is -0.491. The molecule has 1 unspecified atom stereocenters. The van der Waals surface area contributed by atoms with E-state index in [1.54, 1.807) is 0 Å². The van der Waals surface area contributed by atoms with E-state index in [0.29, 0.717) is 13.0 Å². The van der Waals surface area contributed by atoms with E-state index in [2.05, 4.69) is 0 Å². The third-order valence-electron chi connectivity index (χ3n) is 3.86. The smallest absolute Gasteiger partial charge is 0.306 e. The van der Waals surface area contributed by atoms with Crippen LogP contribution in [0.15, 0.2) is 54.6 Å². The van der Waals surface area contributed by atoms with Crippen molar-refractivity contribution in [2.75, 3.05) is 0 Å². The first-order valence-electron chi connectivity index (χ1n) is 7.15. The van der Waals surface area contributed by atoms with Gasteiger partial charge in [0.15, 0.2) is 0 Å². The van der Waals surface area contributed by atoms with Crippen LogP contribution in [0.2, 0.25) is 0 Å². The molecule has 0 aliphatic carbocycles. The van der Waals surface area contributed by atoms with E-state index in [4.69, 9.17) is 9.47 Å². The van der Waals surface area contributed by atoms with Crippen LogP contribution in [0.4, 0.5) is 0 Å². The van der Waals surface area contributed by atoms with Gasteiger partial charge in [-0.05, 0) is 30.2 Å². The van der Waals surface area contributed by atoms with E-state index >= 15 is 0 Å². The highest BCUT2D eigenvalue weighted by molar-refractivity contribution is 5.72. The number of carbonyl (C=O) groups is 1. The number of esters is 1. The molecule has 0 amide bonds. The largest absolute Gasteiger partial charge is 0.489 e. The molecule has 1 atom stereocenters. The van der Waals surface area contributed by atoms with Gasteiger partial charge < -0.3 is 9.47 Å². The van der Waals surface area contributed by atoms with Gasteiger partial charge in [-0.15, -0.1) is 0 Å². The van der Waals surface area contributed by atoms with Crippen molar-refractivity contribution in [1.29, 1.82) is 0 Å². The minimum absolute atomic E-state index is 0.123. The first kappa shape index (κ1) is 13.7. The average Bonchev–Trinajstić information content (AvgIpc) is 2.87. The Kier molecular flexibility index (Phi) is 3.65. The summed E-state index contributed by atoms with van der Waals surface area (Å²) in [7, 11) is 0. The van der Waals surface area contributed by atoms with Crippen LogP contribution in [-0.2, 0) is 21.7 Å². The molecule has 0 spiro atoms. The van der Waals surface area contributed by atoms with E-state index in [1.165, 1.54) is 0 Å². The Hall–Kier alpha value is -2.29. The highest BCUT2D eigenvalue weighted by atomic mass is 16.6. The normalized spacial score (nSPS) is 21.1. The molecule has 0 radical (unpaired) electrons. The fourth-order valence-corrected chi connectivity index (χ4v) is 2.54. The zero-order chi connectivity index (χ0) is 14.7.